The van der Waals surface area contributed by atoms with Crippen molar-refractivity contribution in [3.05, 3.63) is 328 Å². The molecule has 406 valence electrons. The number of hydrogen-bond acceptors (Lipinski definition) is 1. The van der Waals surface area contributed by atoms with E-state index in [9.17, 15) is 0 Å². The van der Waals surface area contributed by atoms with E-state index in [1.54, 1.807) is 0 Å². The van der Waals surface area contributed by atoms with Crippen molar-refractivity contribution in [3.8, 4) is 100 Å². The summed E-state index contributed by atoms with van der Waals surface area (Å²) in [4.78, 5) is 0. The Balaban J connectivity index is 0.963. The van der Waals surface area contributed by atoms with Crippen LogP contribution < -0.4 is 0 Å². The van der Waals surface area contributed by atoms with Gasteiger partial charge >= 0.3 is 0 Å². The molecular weight excluding hydrogens is 1070 g/mol. The average molecular weight is 1120 g/mol. The van der Waals surface area contributed by atoms with Crippen molar-refractivity contribution >= 4 is 75.1 Å². The van der Waals surface area contributed by atoms with Gasteiger partial charge in [0, 0.05) is 41.7 Å². The smallest absolute Gasteiger partial charge is 0.0717 e. The molecule has 0 bridgehead atoms. The van der Waals surface area contributed by atoms with Gasteiger partial charge in [0.15, 0.2) is 0 Å². The van der Waals surface area contributed by atoms with Gasteiger partial charge in [0.1, 0.15) is 0 Å². The molecule has 0 aliphatic carbocycles. The monoisotopic (exact) mass is 1120 g/mol. The summed E-state index contributed by atoms with van der Waals surface area (Å²) < 4.78 is 7.65. The maximum Gasteiger partial charge on any atom is 0.0717 e. The first kappa shape index (κ1) is 50.4. The Morgan fingerprint density at radius 3 is 0.759 bits per heavy atom. The summed E-state index contributed by atoms with van der Waals surface area (Å²) in [6.45, 7) is 0. The van der Waals surface area contributed by atoms with Crippen LogP contribution in [0.5, 0.6) is 0 Å². The van der Waals surface area contributed by atoms with Gasteiger partial charge in [-0.15, -0.1) is 11.3 Å². The van der Waals surface area contributed by atoms with Gasteiger partial charge in [-0.1, -0.05) is 261 Å². The third kappa shape index (κ3) is 8.54. The van der Waals surface area contributed by atoms with Crippen LogP contribution in [0.25, 0.3) is 164 Å². The van der Waals surface area contributed by atoms with Crippen molar-refractivity contribution < 1.29 is 0 Å². The first-order chi connectivity index (χ1) is 43.2. The second-order valence-electron chi connectivity index (χ2n) is 22.7. The molecule has 0 saturated heterocycles. The molecule has 14 aromatic carbocycles. The lowest BCUT2D eigenvalue weighted by molar-refractivity contribution is 1.10. The number of aromatic nitrogens is 2. The van der Waals surface area contributed by atoms with E-state index in [1.807, 2.05) is 11.3 Å². The molecule has 17 aromatic rings. The Labute approximate surface area is 509 Å². The quantitative estimate of drug-likeness (QED) is 0.129. The molecule has 87 heavy (non-hydrogen) atoms. The van der Waals surface area contributed by atoms with Crippen molar-refractivity contribution in [1.82, 2.24) is 9.13 Å². The Kier molecular flexibility index (Phi) is 12.1. The first-order valence-electron chi connectivity index (χ1n) is 29.9. The predicted molar refractivity (Wildman–Crippen MR) is 371 cm³/mol. The molecule has 0 unspecified atom stereocenters. The summed E-state index contributed by atoms with van der Waals surface area (Å²) in [5, 5.41) is 7.27. The number of benzene rings is 14. The summed E-state index contributed by atoms with van der Waals surface area (Å²) in [6.07, 6.45) is 0. The second kappa shape index (κ2) is 20.9. The van der Waals surface area contributed by atoms with Gasteiger partial charge in [-0.25, -0.2) is 0 Å². The lowest BCUT2D eigenvalue weighted by Gasteiger charge is -2.18. The highest BCUT2D eigenvalue weighted by molar-refractivity contribution is 7.25. The van der Waals surface area contributed by atoms with Crippen LogP contribution in [0.3, 0.4) is 0 Å². The minimum absolute atomic E-state index is 1.11. The SMILES string of the molecule is c1ccc(-c2ccccc2-c2ccc3c(c2)c2cc(-c4ccccc4-c4ccccc4)ccc2n3-c2cc3sc4ccccc4c3cc2-n2c3ccc(-c4ccccc4-c4ccccc4)cc3c3cc(-c4ccccc4-c4ccccc4)ccc32)cc1. The van der Waals surface area contributed by atoms with Gasteiger partial charge in [0.25, 0.3) is 0 Å². The van der Waals surface area contributed by atoms with Gasteiger partial charge in [-0.05, 0) is 156 Å². The summed E-state index contributed by atoms with van der Waals surface area (Å²) in [5.41, 5.74) is 25.9. The fraction of sp³-hybridized carbons (Fsp3) is 0. The van der Waals surface area contributed by atoms with Crippen molar-refractivity contribution in [2.45, 2.75) is 0 Å². The lowest BCUT2D eigenvalue weighted by atomic mass is 9.92. The highest BCUT2D eigenvalue weighted by Gasteiger charge is 2.25. The van der Waals surface area contributed by atoms with E-state index in [4.69, 9.17) is 0 Å². The molecule has 2 nitrogen and oxygen atoms in total. The molecule has 0 radical (unpaired) electrons. The predicted octanol–water partition coefficient (Wildman–Crippen LogP) is 23.6. The molecule has 3 heteroatoms. The van der Waals surface area contributed by atoms with E-state index in [-0.39, 0.29) is 0 Å². The number of fused-ring (bicyclic) bond motifs is 9. The van der Waals surface area contributed by atoms with Gasteiger partial charge < -0.3 is 9.13 Å². The van der Waals surface area contributed by atoms with Crippen molar-refractivity contribution in [1.29, 1.82) is 0 Å². The molecule has 0 aliphatic heterocycles. The molecule has 0 aliphatic rings. The van der Waals surface area contributed by atoms with Crippen LogP contribution in [0.4, 0.5) is 0 Å². The van der Waals surface area contributed by atoms with E-state index in [0.717, 1.165) is 33.4 Å². The minimum atomic E-state index is 1.11. The molecule has 3 heterocycles. The van der Waals surface area contributed by atoms with Crippen molar-refractivity contribution in [2.24, 2.45) is 0 Å². The highest BCUT2D eigenvalue weighted by atomic mass is 32.1. The number of hydrogen-bond donors (Lipinski definition) is 0. The van der Waals surface area contributed by atoms with Crippen LogP contribution in [-0.2, 0) is 0 Å². The Morgan fingerprint density at radius 1 is 0.172 bits per heavy atom. The third-order valence-electron chi connectivity index (χ3n) is 17.8. The summed E-state index contributed by atoms with van der Waals surface area (Å²) in [7, 11) is 0. The highest BCUT2D eigenvalue weighted by Crippen LogP contribution is 2.47. The van der Waals surface area contributed by atoms with E-state index in [1.165, 1.54) is 131 Å². The van der Waals surface area contributed by atoms with Crippen LogP contribution in [0.1, 0.15) is 0 Å². The number of thiophene rings is 1. The number of nitrogens with zero attached hydrogens (tertiary/aromatic N) is 2. The van der Waals surface area contributed by atoms with Gasteiger partial charge in [0.2, 0.25) is 0 Å². The molecule has 3 aromatic heterocycles. The van der Waals surface area contributed by atoms with Crippen LogP contribution in [-0.4, -0.2) is 9.13 Å². The zero-order valence-corrected chi connectivity index (χ0v) is 48.3. The topological polar surface area (TPSA) is 9.86 Å². The van der Waals surface area contributed by atoms with E-state index in [0.29, 0.717) is 0 Å². The van der Waals surface area contributed by atoms with Crippen LogP contribution in [0.2, 0.25) is 0 Å². The second-order valence-corrected chi connectivity index (χ2v) is 23.8. The zero-order valence-electron chi connectivity index (χ0n) is 47.5. The molecule has 0 N–H and O–H groups in total. The van der Waals surface area contributed by atoms with E-state index < -0.39 is 0 Å². The van der Waals surface area contributed by atoms with Gasteiger partial charge in [-0.2, -0.15) is 0 Å². The molecule has 0 saturated carbocycles. The molecule has 0 amide bonds. The maximum absolute atomic E-state index is 2.57. The van der Waals surface area contributed by atoms with E-state index in [2.05, 4.69) is 337 Å². The normalized spacial score (nSPS) is 11.7. The Bertz CT molecular complexity index is 5220. The van der Waals surface area contributed by atoms with Crippen LogP contribution in [0.15, 0.2) is 328 Å². The Hall–Kier alpha value is -11.1. The molecule has 0 atom stereocenters. The molecule has 17 rings (SSSR count). The van der Waals surface area contributed by atoms with Gasteiger partial charge in [-0.3, -0.25) is 0 Å². The van der Waals surface area contributed by atoms with Crippen molar-refractivity contribution in [2.75, 3.05) is 0 Å². The molecule has 0 fully saturated rings. The van der Waals surface area contributed by atoms with Crippen LogP contribution >= 0.6 is 11.3 Å². The molecular formula is C84H54N2S. The summed E-state index contributed by atoms with van der Waals surface area (Å²) in [6, 6.07) is 121. The van der Waals surface area contributed by atoms with Crippen LogP contribution in [0, 0.1) is 0 Å². The third-order valence-corrected chi connectivity index (χ3v) is 18.9. The lowest BCUT2D eigenvalue weighted by Crippen LogP contribution is -2.03. The largest absolute Gasteiger partial charge is 0.307 e. The fourth-order valence-corrected chi connectivity index (χ4v) is 14.9. The number of rotatable bonds is 10. The summed E-state index contributed by atoms with van der Waals surface area (Å²) >= 11 is 1.87. The Morgan fingerprint density at radius 2 is 0.437 bits per heavy atom. The minimum Gasteiger partial charge on any atom is -0.307 e. The average Bonchev–Trinajstić information content (AvgIpc) is 1.75. The fourth-order valence-electron chi connectivity index (χ4n) is 13.8. The van der Waals surface area contributed by atoms with E-state index >= 15 is 0 Å². The first-order valence-corrected chi connectivity index (χ1v) is 30.7. The van der Waals surface area contributed by atoms with Crippen molar-refractivity contribution in [3.63, 3.8) is 0 Å². The maximum atomic E-state index is 2.57. The summed E-state index contributed by atoms with van der Waals surface area (Å²) in [5.74, 6) is 0. The van der Waals surface area contributed by atoms with Gasteiger partial charge in [0.05, 0.1) is 33.4 Å². The zero-order chi connectivity index (χ0) is 57.4. The molecule has 0 spiro atoms. The standard InChI is InChI=1S/C84H54N2S/c1-5-23-55(24-6-1)63-31-13-17-35-67(63)59-41-45-77-72(49-59)73-50-60(68-36-18-14-32-64(68)56-25-7-2-8-26-56)42-46-78(73)85(77)81-53-76-71-39-21-22-40-83(71)87-84(76)54-82(81)86-79-47-43-61(69-37-19-15-33-65(69)57-27-9-3-10-28-57)51-74(79)75-52-62(44-48-80(75)86)70-38-20-16-34-66(70)58-29-11-4-12-30-58/h1-54H.